The van der Waals surface area contributed by atoms with Crippen LogP contribution in [-0.2, 0) is 13.0 Å². The molecular formula is C14H22ClN. The molecule has 0 saturated heterocycles. The van der Waals surface area contributed by atoms with Crippen molar-refractivity contribution >= 4 is 11.6 Å². The molecule has 0 aliphatic heterocycles. The number of aryl methyl sites for hydroxylation is 1. The van der Waals surface area contributed by atoms with Crippen LogP contribution in [0.15, 0.2) is 24.3 Å². The largest absolute Gasteiger partial charge is 0.308 e. The van der Waals surface area contributed by atoms with E-state index in [4.69, 9.17) is 11.6 Å². The monoisotopic (exact) mass is 239 g/mol. The molecule has 2 heteroatoms. The Hall–Kier alpha value is -0.530. The molecule has 16 heavy (non-hydrogen) atoms. The maximum absolute atomic E-state index is 5.77. The standard InChI is InChI=1S/C14H22ClN/c1-4-12-5-7-13(8-6-12)11-16-14(2,3)9-10-15/h5-8,16H,4,9-11H2,1-3H3. The van der Waals surface area contributed by atoms with E-state index in [1.54, 1.807) is 0 Å². The lowest BCUT2D eigenvalue weighted by atomic mass is 10.0. The molecule has 0 heterocycles. The average molecular weight is 240 g/mol. The number of hydrogen-bond acceptors (Lipinski definition) is 1. The molecule has 0 radical (unpaired) electrons. The molecule has 0 unspecified atom stereocenters. The normalized spacial score (nSPS) is 11.8. The minimum atomic E-state index is 0.116. The van der Waals surface area contributed by atoms with Gasteiger partial charge in [-0.25, -0.2) is 0 Å². The summed E-state index contributed by atoms with van der Waals surface area (Å²) in [4.78, 5) is 0. The minimum Gasteiger partial charge on any atom is -0.308 e. The van der Waals surface area contributed by atoms with E-state index in [0.717, 1.165) is 19.4 Å². The molecule has 0 aromatic heterocycles. The zero-order valence-electron chi connectivity index (χ0n) is 10.5. The first-order valence-electron chi connectivity index (χ1n) is 5.96. The first-order chi connectivity index (χ1) is 7.57. The van der Waals surface area contributed by atoms with Gasteiger partial charge >= 0.3 is 0 Å². The fourth-order valence-electron chi connectivity index (χ4n) is 1.56. The van der Waals surface area contributed by atoms with Crippen LogP contribution < -0.4 is 5.32 Å². The Morgan fingerprint density at radius 2 is 1.69 bits per heavy atom. The Balaban J connectivity index is 2.48. The van der Waals surface area contributed by atoms with Crippen LogP contribution in [0.5, 0.6) is 0 Å². The van der Waals surface area contributed by atoms with E-state index in [1.807, 2.05) is 0 Å². The van der Waals surface area contributed by atoms with Crippen molar-refractivity contribution in [1.29, 1.82) is 0 Å². The van der Waals surface area contributed by atoms with Gasteiger partial charge in [-0.3, -0.25) is 0 Å². The predicted molar refractivity (Wildman–Crippen MR) is 72.1 cm³/mol. The average Bonchev–Trinajstić information content (AvgIpc) is 2.27. The fourth-order valence-corrected chi connectivity index (χ4v) is 2.03. The summed E-state index contributed by atoms with van der Waals surface area (Å²) in [6, 6.07) is 8.79. The van der Waals surface area contributed by atoms with Crippen molar-refractivity contribution in [2.45, 2.75) is 45.7 Å². The molecule has 0 saturated carbocycles. The molecule has 1 aromatic rings. The third-order valence-electron chi connectivity index (χ3n) is 2.92. The molecule has 0 spiro atoms. The second kappa shape index (κ2) is 6.27. The second-order valence-corrected chi connectivity index (χ2v) is 5.22. The van der Waals surface area contributed by atoms with Crippen LogP contribution in [0, 0.1) is 0 Å². The molecule has 0 atom stereocenters. The number of benzene rings is 1. The third-order valence-corrected chi connectivity index (χ3v) is 3.11. The van der Waals surface area contributed by atoms with Gasteiger partial charge in [0, 0.05) is 18.0 Å². The third kappa shape index (κ3) is 4.54. The maximum atomic E-state index is 5.77. The van der Waals surface area contributed by atoms with Crippen LogP contribution in [-0.4, -0.2) is 11.4 Å². The van der Waals surface area contributed by atoms with E-state index in [0.29, 0.717) is 5.88 Å². The van der Waals surface area contributed by atoms with Crippen molar-refractivity contribution in [3.8, 4) is 0 Å². The van der Waals surface area contributed by atoms with E-state index >= 15 is 0 Å². The van der Waals surface area contributed by atoms with Gasteiger partial charge in [0.2, 0.25) is 0 Å². The van der Waals surface area contributed by atoms with Crippen molar-refractivity contribution < 1.29 is 0 Å². The number of hydrogen-bond donors (Lipinski definition) is 1. The summed E-state index contributed by atoms with van der Waals surface area (Å²) < 4.78 is 0. The summed E-state index contributed by atoms with van der Waals surface area (Å²) in [5.74, 6) is 0.703. The van der Waals surface area contributed by atoms with Crippen LogP contribution in [0.2, 0.25) is 0 Å². The van der Waals surface area contributed by atoms with E-state index in [2.05, 4.69) is 50.4 Å². The smallest absolute Gasteiger partial charge is 0.0240 e. The van der Waals surface area contributed by atoms with Gasteiger partial charge in [0.25, 0.3) is 0 Å². The summed E-state index contributed by atoms with van der Waals surface area (Å²) in [6.45, 7) is 7.47. The summed E-state index contributed by atoms with van der Waals surface area (Å²) in [7, 11) is 0. The lowest BCUT2D eigenvalue weighted by Crippen LogP contribution is -2.39. The molecular weight excluding hydrogens is 218 g/mol. The summed E-state index contributed by atoms with van der Waals surface area (Å²) in [5, 5.41) is 3.53. The topological polar surface area (TPSA) is 12.0 Å². The van der Waals surface area contributed by atoms with E-state index < -0.39 is 0 Å². The van der Waals surface area contributed by atoms with Gasteiger partial charge in [-0.1, -0.05) is 31.2 Å². The highest BCUT2D eigenvalue weighted by molar-refractivity contribution is 6.17. The molecule has 0 aliphatic rings. The van der Waals surface area contributed by atoms with Crippen LogP contribution >= 0.6 is 11.6 Å². The zero-order chi connectivity index (χ0) is 12.0. The van der Waals surface area contributed by atoms with E-state index in [9.17, 15) is 0 Å². The first kappa shape index (κ1) is 13.5. The second-order valence-electron chi connectivity index (χ2n) is 4.85. The van der Waals surface area contributed by atoms with Crippen LogP contribution in [0.1, 0.15) is 38.3 Å². The van der Waals surface area contributed by atoms with Gasteiger partial charge in [0.1, 0.15) is 0 Å². The van der Waals surface area contributed by atoms with Crippen LogP contribution in [0.4, 0.5) is 0 Å². The Morgan fingerprint density at radius 1 is 1.12 bits per heavy atom. The predicted octanol–water partition coefficient (Wildman–Crippen LogP) is 3.75. The SMILES string of the molecule is CCc1ccc(CNC(C)(C)CCCl)cc1. The van der Waals surface area contributed by atoms with Gasteiger partial charge in [-0.15, -0.1) is 11.6 Å². The first-order valence-corrected chi connectivity index (χ1v) is 6.49. The minimum absolute atomic E-state index is 0.116. The van der Waals surface area contributed by atoms with Crippen molar-refractivity contribution in [1.82, 2.24) is 5.32 Å². The fraction of sp³-hybridized carbons (Fsp3) is 0.571. The molecule has 0 fully saturated rings. The molecule has 1 rings (SSSR count). The molecule has 0 aliphatic carbocycles. The van der Waals surface area contributed by atoms with Crippen LogP contribution in [0.25, 0.3) is 0 Å². The van der Waals surface area contributed by atoms with Crippen molar-refractivity contribution in [2.24, 2.45) is 0 Å². The Bertz CT molecular complexity index is 303. The molecule has 90 valence electrons. The highest BCUT2D eigenvalue weighted by atomic mass is 35.5. The van der Waals surface area contributed by atoms with Gasteiger partial charge < -0.3 is 5.32 Å². The van der Waals surface area contributed by atoms with Crippen molar-refractivity contribution in [2.75, 3.05) is 5.88 Å². The highest BCUT2D eigenvalue weighted by Gasteiger charge is 2.15. The zero-order valence-corrected chi connectivity index (χ0v) is 11.3. The number of nitrogens with one attached hydrogen (secondary N) is 1. The molecule has 1 aromatic carbocycles. The lowest BCUT2D eigenvalue weighted by Gasteiger charge is -2.25. The summed E-state index contributed by atoms with van der Waals surface area (Å²) in [6.07, 6.45) is 2.09. The van der Waals surface area contributed by atoms with E-state index in [-0.39, 0.29) is 5.54 Å². The van der Waals surface area contributed by atoms with Gasteiger partial charge in [0.05, 0.1) is 0 Å². The molecule has 1 N–H and O–H groups in total. The number of halogens is 1. The van der Waals surface area contributed by atoms with Crippen molar-refractivity contribution in [3.05, 3.63) is 35.4 Å². The van der Waals surface area contributed by atoms with E-state index in [1.165, 1.54) is 11.1 Å². The quantitative estimate of drug-likeness (QED) is 0.746. The van der Waals surface area contributed by atoms with Crippen LogP contribution in [0.3, 0.4) is 0 Å². The highest BCUT2D eigenvalue weighted by Crippen LogP contribution is 2.11. The van der Waals surface area contributed by atoms with Gasteiger partial charge in [-0.2, -0.15) is 0 Å². The van der Waals surface area contributed by atoms with Gasteiger partial charge in [-0.05, 0) is 37.8 Å². The molecule has 1 nitrogen and oxygen atoms in total. The lowest BCUT2D eigenvalue weighted by molar-refractivity contribution is 0.376. The summed E-state index contributed by atoms with van der Waals surface area (Å²) in [5.41, 5.74) is 2.84. The molecule has 0 bridgehead atoms. The number of rotatable bonds is 6. The Labute approximate surface area is 104 Å². The van der Waals surface area contributed by atoms with Gasteiger partial charge in [0.15, 0.2) is 0 Å². The number of alkyl halides is 1. The Kier molecular flexibility index (Phi) is 5.30. The van der Waals surface area contributed by atoms with Crippen molar-refractivity contribution in [3.63, 3.8) is 0 Å². The summed E-state index contributed by atoms with van der Waals surface area (Å²) >= 11 is 5.77. The molecule has 0 amide bonds. The maximum Gasteiger partial charge on any atom is 0.0240 e. The Morgan fingerprint density at radius 3 is 2.19 bits per heavy atom.